The molecule has 174 valence electrons. The second kappa shape index (κ2) is 11.1. The molecule has 0 saturated carbocycles. The lowest BCUT2D eigenvalue weighted by Gasteiger charge is -2.26. The van der Waals surface area contributed by atoms with Crippen LogP contribution in [0.1, 0.15) is 11.3 Å². The Morgan fingerprint density at radius 2 is 1.74 bits per heavy atom. The maximum absolute atomic E-state index is 12.4. The van der Waals surface area contributed by atoms with E-state index >= 15 is 0 Å². The molecule has 0 fully saturated rings. The summed E-state index contributed by atoms with van der Waals surface area (Å²) in [6, 6.07) is 22.2. The number of aromatic amines is 1. The third-order valence-electron chi connectivity index (χ3n) is 5.33. The van der Waals surface area contributed by atoms with Crippen LogP contribution in [0.3, 0.4) is 0 Å². The van der Waals surface area contributed by atoms with Crippen LogP contribution in [0, 0.1) is 0 Å². The zero-order valence-electron chi connectivity index (χ0n) is 18.5. The molecule has 0 atom stereocenters. The number of rotatable bonds is 4. The summed E-state index contributed by atoms with van der Waals surface area (Å²) in [7, 11) is 0. The van der Waals surface area contributed by atoms with E-state index in [9.17, 15) is 4.79 Å². The SMILES string of the molecule is C=CCOc1ccccc1.O=C(Oc1ccc(Cl)cc1)N1CCc2c([nH]c3ccc(Cl)cc23)C1. The number of H-pyrrole nitrogens is 1. The molecule has 5 rings (SSSR count). The van der Waals surface area contributed by atoms with E-state index in [1.54, 1.807) is 35.2 Å². The fourth-order valence-electron chi connectivity index (χ4n) is 3.71. The Morgan fingerprint density at radius 1 is 1.00 bits per heavy atom. The number of ether oxygens (including phenoxy) is 2. The third kappa shape index (κ3) is 5.93. The van der Waals surface area contributed by atoms with Crippen molar-refractivity contribution in [1.82, 2.24) is 9.88 Å². The Balaban J connectivity index is 0.000000231. The highest BCUT2D eigenvalue weighted by Gasteiger charge is 2.25. The summed E-state index contributed by atoms with van der Waals surface area (Å²) >= 11 is 11.9. The van der Waals surface area contributed by atoms with E-state index < -0.39 is 0 Å². The van der Waals surface area contributed by atoms with Gasteiger partial charge in [-0.3, -0.25) is 0 Å². The zero-order chi connectivity index (χ0) is 23.9. The Morgan fingerprint density at radius 3 is 2.47 bits per heavy atom. The van der Waals surface area contributed by atoms with Crippen molar-refractivity contribution >= 4 is 40.2 Å². The lowest BCUT2D eigenvalue weighted by atomic mass is 10.0. The van der Waals surface area contributed by atoms with E-state index in [1.807, 2.05) is 48.5 Å². The Bertz CT molecular complexity index is 1270. The summed E-state index contributed by atoms with van der Waals surface area (Å²) in [6.45, 7) is 5.23. The van der Waals surface area contributed by atoms with E-state index in [2.05, 4.69) is 11.6 Å². The van der Waals surface area contributed by atoms with Crippen molar-refractivity contribution in [2.75, 3.05) is 13.2 Å². The predicted octanol–water partition coefficient (Wildman–Crippen LogP) is 7.28. The molecule has 0 bridgehead atoms. The standard InChI is InChI=1S/C18H14Cl2N2O2.C9H10O/c19-11-1-4-13(5-2-11)24-18(23)22-8-7-14-15-9-12(20)3-6-16(15)21-17(14)10-22;1-2-8-10-9-6-4-3-5-7-9/h1-6,9,21H,7-8,10H2;2-7H,1,8H2. The summed E-state index contributed by atoms with van der Waals surface area (Å²) in [4.78, 5) is 17.4. The summed E-state index contributed by atoms with van der Waals surface area (Å²) in [5, 5.41) is 2.45. The van der Waals surface area contributed by atoms with Gasteiger partial charge in [0, 0.05) is 33.2 Å². The first-order valence-corrected chi connectivity index (χ1v) is 11.6. The van der Waals surface area contributed by atoms with Crippen LogP contribution in [0.15, 0.2) is 85.5 Å². The van der Waals surface area contributed by atoms with Crippen LogP contribution in [0.4, 0.5) is 4.79 Å². The third-order valence-corrected chi connectivity index (χ3v) is 5.81. The van der Waals surface area contributed by atoms with E-state index in [0.29, 0.717) is 35.5 Å². The van der Waals surface area contributed by atoms with Gasteiger partial charge in [-0.2, -0.15) is 0 Å². The van der Waals surface area contributed by atoms with E-state index in [-0.39, 0.29) is 6.09 Å². The second-order valence-corrected chi connectivity index (χ2v) is 8.55. The molecule has 2 heterocycles. The molecule has 7 heteroatoms. The van der Waals surface area contributed by atoms with Crippen LogP contribution in [-0.4, -0.2) is 29.1 Å². The molecule has 0 aliphatic carbocycles. The van der Waals surface area contributed by atoms with Crippen molar-refractivity contribution in [2.45, 2.75) is 13.0 Å². The summed E-state index contributed by atoms with van der Waals surface area (Å²) < 4.78 is 10.6. The molecule has 0 radical (unpaired) electrons. The molecular formula is C27H24Cl2N2O3. The van der Waals surface area contributed by atoms with Crippen LogP contribution in [0.2, 0.25) is 10.0 Å². The Hall–Kier alpha value is -3.41. The number of nitrogens with one attached hydrogen (secondary N) is 1. The Labute approximate surface area is 208 Å². The first kappa shape index (κ1) is 23.7. The number of para-hydroxylation sites is 1. The van der Waals surface area contributed by atoms with Gasteiger partial charge in [0.15, 0.2) is 0 Å². The topological polar surface area (TPSA) is 54.6 Å². The second-order valence-electron chi connectivity index (χ2n) is 7.68. The van der Waals surface area contributed by atoms with Crippen molar-refractivity contribution in [3.8, 4) is 11.5 Å². The van der Waals surface area contributed by atoms with Gasteiger partial charge >= 0.3 is 6.09 Å². The predicted molar refractivity (Wildman–Crippen MR) is 137 cm³/mol. The normalized spacial score (nSPS) is 12.4. The van der Waals surface area contributed by atoms with Crippen LogP contribution >= 0.6 is 23.2 Å². The van der Waals surface area contributed by atoms with Gasteiger partial charge in [0.1, 0.15) is 18.1 Å². The molecule has 1 aliphatic heterocycles. The number of amides is 1. The number of benzene rings is 3. The van der Waals surface area contributed by atoms with Gasteiger partial charge in [0.2, 0.25) is 0 Å². The lowest BCUT2D eigenvalue weighted by molar-refractivity contribution is 0.146. The first-order chi connectivity index (χ1) is 16.5. The molecule has 1 aromatic heterocycles. The maximum atomic E-state index is 12.4. The largest absolute Gasteiger partial charge is 0.490 e. The number of aromatic nitrogens is 1. The van der Waals surface area contributed by atoms with Crippen molar-refractivity contribution in [3.05, 3.63) is 107 Å². The molecule has 5 nitrogen and oxygen atoms in total. The molecule has 0 unspecified atom stereocenters. The average Bonchev–Trinajstić information content (AvgIpc) is 3.22. The highest BCUT2D eigenvalue weighted by atomic mass is 35.5. The fraction of sp³-hybridized carbons (Fsp3) is 0.148. The van der Waals surface area contributed by atoms with Crippen LogP contribution in [0.25, 0.3) is 10.9 Å². The van der Waals surface area contributed by atoms with Crippen molar-refractivity contribution in [2.24, 2.45) is 0 Å². The number of halogens is 2. The Kier molecular flexibility index (Phi) is 7.78. The zero-order valence-corrected chi connectivity index (χ0v) is 20.0. The molecule has 0 spiro atoms. The molecule has 3 aromatic carbocycles. The first-order valence-electron chi connectivity index (χ1n) is 10.8. The van der Waals surface area contributed by atoms with Gasteiger partial charge in [-0.1, -0.05) is 54.1 Å². The number of carbonyl (C=O) groups is 1. The van der Waals surface area contributed by atoms with E-state index in [4.69, 9.17) is 32.7 Å². The smallest absolute Gasteiger partial charge is 0.415 e. The van der Waals surface area contributed by atoms with Gasteiger partial charge in [-0.25, -0.2) is 4.79 Å². The van der Waals surface area contributed by atoms with Crippen LogP contribution in [-0.2, 0) is 13.0 Å². The van der Waals surface area contributed by atoms with Gasteiger partial charge in [-0.05, 0) is 66.6 Å². The monoisotopic (exact) mass is 494 g/mol. The number of hydrogen-bond donors (Lipinski definition) is 1. The molecule has 4 aromatic rings. The molecule has 1 aliphatic rings. The van der Waals surface area contributed by atoms with E-state index in [1.165, 1.54) is 5.56 Å². The fourth-order valence-corrected chi connectivity index (χ4v) is 4.01. The minimum atomic E-state index is -0.361. The maximum Gasteiger partial charge on any atom is 0.415 e. The van der Waals surface area contributed by atoms with Gasteiger partial charge < -0.3 is 19.4 Å². The van der Waals surface area contributed by atoms with E-state index in [0.717, 1.165) is 28.8 Å². The van der Waals surface area contributed by atoms with Crippen molar-refractivity contribution < 1.29 is 14.3 Å². The molecular weight excluding hydrogens is 471 g/mol. The molecule has 1 amide bonds. The summed E-state index contributed by atoms with van der Waals surface area (Å²) in [6.07, 6.45) is 2.14. The minimum Gasteiger partial charge on any atom is -0.490 e. The van der Waals surface area contributed by atoms with Crippen LogP contribution < -0.4 is 9.47 Å². The van der Waals surface area contributed by atoms with Crippen molar-refractivity contribution in [3.63, 3.8) is 0 Å². The lowest BCUT2D eigenvalue weighted by Crippen LogP contribution is -2.37. The number of nitrogens with zero attached hydrogens (tertiary/aromatic N) is 1. The number of fused-ring (bicyclic) bond motifs is 3. The highest BCUT2D eigenvalue weighted by Crippen LogP contribution is 2.30. The quantitative estimate of drug-likeness (QED) is 0.303. The number of hydrogen-bond acceptors (Lipinski definition) is 3. The molecule has 34 heavy (non-hydrogen) atoms. The molecule has 0 saturated heterocycles. The number of carbonyl (C=O) groups excluding carboxylic acids is 1. The van der Waals surface area contributed by atoms with Gasteiger partial charge in [0.25, 0.3) is 0 Å². The minimum absolute atomic E-state index is 0.361. The van der Waals surface area contributed by atoms with Gasteiger partial charge in [-0.15, -0.1) is 0 Å². The summed E-state index contributed by atoms with van der Waals surface area (Å²) in [5.41, 5.74) is 3.30. The summed E-state index contributed by atoms with van der Waals surface area (Å²) in [5.74, 6) is 1.38. The van der Waals surface area contributed by atoms with Crippen LogP contribution in [0.5, 0.6) is 11.5 Å². The molecule has 1 N–H and O–H groups in total. The highest BCUT2D eigenvalue weighted by molar-refractivity contribution is 6.31. The average molecular weight is 495 g/mol. The van der Waals surface area contributed by atoms with Crippen molar-refractivity contribution in [1.29, 1.82) is 0 Å². The van der Waals surface area contributed by atoms with Gasteiger partial charge in [0.05, 0.1) is 6.54 Å².